The van der Waals surface area contributed by atoms with Crippen LogP contribution < -0.4 is 5.32 Å². The lowest BCUT2D eigenvalue weighted by atomic mass is 10.1. The Labute approximate surface area is 125 Å². The predicted molar refractivity (Wildman–Crippen MR) is 77.9 cm³/mol. The summed E-state index contributed by atoms with van der Waals surface area (Å²) in [4.78, 5) is 16.2. The van der Waals surface area contributed by atoms with Crippen LogP contribution in [-0.2, 0) is 16.0 Å². The Balaban J connectivity index is 1.66. The molecule has 0 aliphatic carbocycles. The smallest absolute Gasteiger partial charge is 0.226 e. The average molecular weight is 295 g/mol. The van der Waals surface area contributed by atoms with Crippen LogP contribution in [0, 0.1) is 0 Å². The van der Waals surface area contributed by atoms with Crippen LogP contribution in [-0.4, -0.2) is 34.8 Å². The molecule has 0 aromatic carbocycles. The Hall–Kier alpha value is -1.43. The van der Waals surface area contributed by atoms with Crippen LogP contribution in [0.5, 0.6) is 0 Å². The zero-order valence-electron chi connectivity index (χ0n) is 13.1. The molecule has 1 aliphatic heterocycles. The monoisotopic (exact) mass is 295 g/mol. The number of ether oxygens (including phenoxy) is 1. The van der Waals surface area contributed by atoms with E-state index >= 15 is 0 Å². The van der Waals surface area contributed by atoms with Crippen molar-refractivity contribution in [3.63, 3.8) is 0 Å². The average Bonchev–Trinajstić information content (AvgIpc) is 3.10. The highest BCUT2D eigenvalue weighted by Crippen LogP contribution is 2.15. The molecule has 2 atom stereocenters. The van der Waals surface area contributed by atoms with Crippen molar-refractivity contribution in [1.82, 2.24) is 15.5 Å². The van der Waals surface area contributed by atoms with Gasteiger partial charge in [0.25, 0.3) is 0 Å². The van der Waals surface area contributed by atoms with Crippen molar-refractivity contribution in [2.75, 3.05) is 6.61 Å². The Morgan fingerprint density at radius 1 is 1.43 bits per heavy atom. The molecule has 1 aliphatic rings. The van der Waals surface area contributed by atoms with Gasteiger partial charge in [0.15, 0.2) is 5.82 Å². The third kappa shape index (κ3) is 4.81. The maximum atomic E-state index is 11.9. The van der Waals surface area contributed by atoms with Crippen LogP contribution in [0.4, 0.5) is 0 Å². The first-order valence-corrected chi connectivity index (χ1v) is 7.79. The van der Waals surface area contributed by atoms with Crippen molar-refractivity contribution < 1.29 is 14.1 Å². The molecule has 6 heteroatoms. The highest BCUT2D eigenvalue weighted by molar-refractivity contribution is 5.76. The fraction of sp³-hybridized carbons (Fsp3) is 0.800. The second-order valence-corrected chi connectivity index (χ2v) is 5.96. The number of hydrogen-bond donors (Lipinski definition) is 1. The third-order valence-corrected chi connectivity index (χ3v) is 3.71. The molecule has 0 bridgehead atoms. The molecule has 1 fully saturated rings. The van der Waals surface area contributed by atoms with E-state index in [1.807, 2.05) is 20.8 Å². The van der Waals surface area contributed by atoms with Gasteiger partial charge in [-0.2, -0.15) is 4.98 Å². The van der Waals surface area contributed by atoms with Crippen LogP contribution in [0.3, 0.4) is 0 Å². The summed E-state index contributed by atoms with van der Waals surface area (Å²) >= 11 is 0. The molecule has 2 heterocycles. The standard InChI is InChI=1S/C15H25N3O3/c1-10(2)15-17-14(21-18-15)8-4-7-13(19)16-11(3)12-6-5-9-20-12/h10-12H,4-9H2,1-3H3,(H,16,19)/t11-,12-/m0/s1. The molecule has 1 saturated heterocycles. The quantitative estimate of drug-likeness (QED) is 0.834. The summed E-state index contributed by atoms with van der Waals surface area (Å²) in [5, 5.41) is 6.91. The van der Waals surface area contributed by atoms with E-state index in [1.165, 1.54) is 0 Å². The second kappa shape index (κ2) is 7.54. The van der Waals surface area contributed by atoms with Crippen molar-refractivity contribution in [3.05, 3.63) is 11.7 Å². The molecule has 21 heavy (non-hydrogen) atoms. The minimum absolute atomic E-state index is 0.0570. The van der Waals surface area contributed by atoms with Crippen LogP contribution >= 0.6 is 0 Å². The lowest BCUT2D eigenvalue weighted by Crippen LogP contribution is -2.40. The molecule has 0 unspecified atom stereocenters. The number of nitrogens with zero attached hydrogens (tertiary/aromatic N) is 2. The van der Waals surface area contributed by atoms with Crippen LogP contribution in [0.2, 0.25) is 0 Å². The maximum Gasteiger partial charge on any atom is 0.226 e. The molecule has 1 aromatic heterocycles. The largest absolute Gasteiger partial charge is 0.376 e. The summed E-state index contributed by atoms with van der Waals surface area (Å²) in [5.41, 5.74) is 0. The third-order valence-electron chi connectivity index (χ3n) is 3.71. The predicted octanol–water partition coefficient (Wildman–Crippen LogP) is 2.20. The zero-order chi connectivity index (χ0) is 15.2. The van der Waals surface area contributed by atoms with Gasteiger partial charge in [-0.1, -0.05) is 19.0 Å². The number of carbonyl (C=O) groups is 1. The van der Waals surface area contributed by atoms with Gasteiger partial charge in [0, 0.05) is 25.4 Å². The first kappa shape index (κ1) is 15.9. The first-order valence-electron chi connectivity index (χ1n) is 7.79. The molecule has 6 nitrogen and oxygen atoms in total. The number of hydrogen-bond acceptors (Lipinski definition) is 5. The number of amides is 1. The molecule has 1 aromatic rings. The topological polar surface area (TPSA) is 77.2 Å². The SMILES string of the molecule is CC(C)c1noc(CCCC(=O)N[C@@H](C)[C@@H]2CCCO2)n1. The van der Waals surface area contributed by atoms with Crippen molar-refractivity contribution in [1.29, 1.82) is 0 Å². The molecular weight excluding hydrogens is 270 g/mol. The summed E-state index contributed by atoms with van der Waals surface area (Å²) in [5.74, 6) is 1.65. The number of aromatic nitrogens is 2. The van der Waals surface area contributed by atoms with Gasteiger partial charge in [-0.05, 0) is 26.2 Å². The maximum absolute atomic E-state index is 11.9. The van der Waals surface area contributed by atoms with Gasteiger partial charge in [-0.3, -0.25) is 4.79 Å². The summed E-state index contributed by atoms with van der Waals surface area (Å²) < 4.78 is 10.7. The van der Waals surface area contributed by atoms with Crippen molar-refractivity contribution in [3.8, 4) is 0 Å². The van der Waals surface area contributed by atoms with Gasteiger partial charge in [0.05, 0.1) is 12.1 Å². The van der Waals surface area contributed by atoms with Crippen molar-refractivity contribution >= 4 is 5.91 Å². The van der Waals surface area contributed by atoms with Gasteiger partial charge < -0.3 is 14.6 Å². The van der Waals surface area contributed by atoms with E-state index in [-0.39, 0.29) is 24.0 Å². The fourth-order valence-electron chi connectivity index (χ4n) is 2.42. The molecule has 0 saturated carbocycles. The number of nitrogens with one attached hydrogen (secondary N) is 1. The Bertz CT molecular complexity index is 453. The van der Waals surface area contributed by atoms with E-state index in [9.17, 15) is 4.79 Å². The van der Waals surface area contributed by atoms with Crippen LogP contribution in [0.1, 0.15) is 64.1 Å². The highest BCUT2D eigenvalue weighted by atomic mass is 16.5. The minimum Gasteiger partial charge on any atom is -0.376 e. The zero-order valence-corrected chi connectivity index (χ0v) is 13.1. The lowest BCUT2D eigenvalue weighted by molar-refractivity contribution is -0.122. The highest BCUT2D eigenvalue weighted by Gasteiger charge is 2.23. The number of rotatable bonds is 7. The minimum atomic E-state index is 0.0570. The van der Waals surface area contributed by atoms with Crippen molar-refractivity contribution in [2.24, 2.45) is 0 Å². The molecule has 0 radical (unpaired) electrons. The summed E-state index contributed by atoms with van der Waals surface area (Å²) in [7, 11) is 0. The van der Waals surface area contributed by atoms with Crippen LogP contribution in [0.25, 0.3) is 0 Å². The Kier molecular flexibility index (Phi) is 5.73. The second-order valence-electron chi connectivity index (χ2n) is 5.96. The van der Waals surface area contributed by atoms with Crippen LogP contribution in [0.15, 0.2) is 4.52 Å². The van der Waals surface area contributed by atoms with Gasteiger partial charge in [-0.25, -0.2) is 0 Å². The van der Waals surface area contributed by atoms with E-state index < -0.39 is 0 Å². The van der Waals surface area contributed by atoms with Gasteiger partial charge in [0.2, 0.25) is 11.8 Å². The van der Waals surface area contributed by atoms with E-state index in [4.69, 9.17) is 9.26 Å². The lowest BCUT2D eigenvalue weighted by Gasteiger charge is -2.19. The van der Waals surface area contributed by atoms with E-state index in [0.717, 1.165) is 25.3 Å². The van der Waals surface area contributed by atoms with Crippen molar-refractivity contribution in [2.45, 2.75) is 70.9 Å². The van der Waals surface area contributed by atoms with E-state index in [0.29, 0.717) is 25.2 Å². The number of carbonyl (C=O) groups excluding carboxylic acids is 1. The summed E-state index contributed by atoms with van der Waals surface area (Å²) in [6, 6.07) is 0.0796. The Morgan fingerprint density at radius 3 is 2.86 bits per heavy atom. The molecule has 1 amide bonds. The fourth-order valence-corrected chi connectivity index (χ4v) is 2.42. The summed E-state index contributed by atoms with van der Waals surface area (Å²) in [6.07, 6.45) is 4.10. The van der Waals surface area contributed by atoms with E-state index in [2.05, 4.69) is 15.5 Å². The molecule has 2 rings (SSSR count). The normalized spacial score (nSPS) is 19.9. The molecule has 1 N–H and O–H groups in total. The van der Waals surface area contributed by atoms with Gasteiger partial charge in [-0.15, -0.1) is 0 Å². The van der Waals surface area contributed by atoms with Gasteiger partial charge >= 0.3 is 0 Å². The molecule has 0 spiro atoms. The molecular formula is C15H25N3O3. The van der Waals surface area contributed by atoms with E-state index in [1.54, 1.807) is 0 Å². The van der Waals surface area contributed by atoms with Gasteiger partial charge in [0.1, 0.15) is 0 Å². The Morgan fingerprint density at radius 2 is 2.24 bits per heavy atom. The molecule has 118 valence electrons. The summed E-state index contributed by atoms with van der Waals surface area (Å²) in [6.45, 7) is 6.85. The number of aryl methyl sites for hydroxylation is 1. The first-order chi connectivity index (χ1) is 10.1.